The van der Waals surface area contributed by atoms with E-state index in [1.165, 1.54) is 12.1 Å². The van der Waals surface area contributed by atoms with E-state index in [0.29, 0.717) is 0 Å². The second kappa shape index (κ2) is 6.08. The summed E-state index contributed by atoms with van der Waals surface area (Å²) in [6.45, 7) is 0. The van der Waals surface area contributed by atoms with Crippen molar-refractivity contribution in [2.24, 2.45) is 0 Å². The molecular weight excluding hydrogens is 375 g/mol. The van der Waals surface area contributed by atoms with Crippen molar-refractivity contribution in [2.45, 2.75) is 0 Å². The number of amides is 1. The Balaban J connectivity index is 2.30. The van der Waals surface area contributed by atoms with Crippen LogP contribution < -0.4 is 5.32 Å². The van der Waals surface area contributed by atoms with E-state index >= 15 is 0 Å². The van der Waals surface area contributed by atoms with E-state index in [1.807, 2.05) is 0 Å². The third-order valence-electron chi connectivity index (χ3n) is 2.43. The summed E-state index contributed by atoms with van der Waals surface area (Å²) in [5.41, 5.74) is 0.158. The van der Waals surface area contributed by atoms with Gasteiger partial charge in [0.15, 0.2) is 0 Å². The summed E-state index contributed by atoms with van der Waals surface area (Å²) in [7, 11) is 0. The van der Waals surface area contributed by atoms with Gasteiger partial charge < -0.3 is 5.32 Å². The number of nitrogens with one attached hydrogen (secondary N) is 1. The zero-order valence-electron chi connectivity index (χ0n) is 9.68. The topological polar surface area (TPSA) is 29.1 Å². The van der Waals surface area contributed by atoms with Crippen LogP contribution in [-0.4, -0.2) is 5.91 Å². The Morgan fingerprint density at radius 1 is 1.10 bits per heavy atom. The normalized spacial score (nSPS) is 10.4. The molecule has 0 saturated carbocycles. The van der Waals surface area contributed by atoms with E-state index in [-0.39, 0.29) is 25.8 Å². The van der Waals surface area contributed by atoms with Gasteiger partial charge in [0.2, 0.25) is 0 Å². The second-order valence-electron chi connectivity index (χ2n) is 3.83. The highest BCUT2D eigenvalue weighted by Gasteiger charge is 2.14. The van der Waals surface area contributed by atoms with E-state index in [4.69, 9.17) is 23.2 Å². The van der Waals surface area contributed by atoms with Crippen LogP contribution in [0.2, 0.25) is 10.0 Å². The number of hydrogen-bond acceptors (Lipinski definition) is 1. The molecule has 2 aromatic rings. The van der Waals surface area contributed by atoms with E-state index in [2.05, 4.69) is 21.2 Å². The lowest BCUT2D eigenvalue weighted by atomic mass is 10.2. The molecule has 2 nitrogen and oxygen atoms in total. The highest BCUT2D eigenvalue weighted by molar-refractivity contribution is 9.10. The van der Waals surface area contributed by atoms with Crippen molar-refractivity contribution in [1.29, 1.82) is 0 Å². The Kier molecular flexibility index (Phi) is 4.62. The summed E-state index contributed by atoms with van der Waals surface area (Å²) >= 11 is 14.6. The fourth-order valence-corrected chi connectivity index (χ4v) is 2.29. The van der Waals surface area contributed by atoms with Gasteiger partial charge in [0.25, 0.3) is 5.91 Å². The molecule has 0 unspecified atom stereocenters. The van der Waals surface area contributed by atoms with Gasteiger partial charge in [-0.1, -0.05) is 23.2 Å². The van der Waals surface area contributed by atoms with Crippen LogP contribution in [0, 0.1) is 11.6 Å². The molecule has 0 aromatic heterocycles. The maximum atomic E-state index is 13.4. The first-order valence-electron chi connectivity index (χ1n) is 5.29. The molecule has 0 aliphatic carbocycles. The van der Waals surface area contributed by atoms with Crippen molar-refractivity contribution >= 4 is 50.7 Å². The molecule has 0 aliphatic heterocycles. The molecule has 104 valence electrons. The molecule has 0 spiro atoms. The third-order valence-corrected chi connectivity index (χ3v) is 3.67. The monoisotopic (exact) mass is 379 g/mol. The first-order chi connectivity index (χ1) is 9.38. The Bertz CT molecular complexity index is 671. The molecule has 1 N–H and O–H groups in total. The van der Waals surface area contributed by atoms with Gasteiger partial charge in [-0.25, -0.2) is 8.78 Å². The van der Waals surface area contributed by atoms with E-state index in [0.717, 1.165) is 18.2 Å². The minimum Gasteiger partial charge on any atom is -0.319 e. The smallest absolute Gasteiger partial charge is 0.255 e. The van der Waals surface area contributed by atoms with Gasteiger partial charge in [-0.3, -0.25) is 4.79 Å². The van der Waals surface area contributed by atoms with Crippen LogP contribution in [0.15, 0.2) is 34.8 Å². The fourth-order valence-electron chi connectivity index (χ4n) is 1.48. The summed E-state index contributed by atoms with van der Waals surface area (Å²) in [4.78, 5) is 12.0. The molecule has 1 amide bonds. The predicted molar refractivity (Wildman–Crippen MR) is 78.5 cm³/mol. The molecule has 0 saturated heterocycles. The van der Waals surface area contributed by atoms with Crippen molar-refractivity contribution in [3.63, 3.8) is 0 Å². The zero-order chi connectivity index (χ0) is 14.9. The van der Waals surface area contributed by atoms with Crippen LogP contribution in [0.1, 0.15) is 10.4 Å². The molecule has 0 heterocycles. The van der Waals surface area contributed by atoms with Crippen molar-refractivity contribution in [1.82, 2.24) is 0 Å². The van der Waals surface area contributed by atoms with Gasteiger partial charge in [-0.15, -0.1) is 0 Å². The average molecular weight is 381 g/mol. The molecule has 0 aliphatic rings. The molecule has 2 rings (SSSR count). The molecular formula is C13H6BrCl2F2NO. The summed E-state index contributed by atoms with van der Waals surface area (Å²) in [6.07, 6.45) is 0. The van der Waals surface area contributed by atoms with Crippen LogP contribution >= 0.6 is 39.1 Å². The van der Waals surface area contributed by atoms with Crippen LogP contribution in [0.3, 0.4) is 0 Å². The van der Waals surface area contributed by atoms with Gasteiger partial charge in [0, 0.05) is 5.56 Å². The Labute approximate surface area is 131 Å². The molecule has 0 bridgehead atoms. The van der Waals surface area contributed by atoms with Gasteiger partial charge in [0.05, 0.1) is 20.2 Å². The lowest BCUT2D eigenvalue weighted by molar-refractivity contribution is 0.102. The molecule has 2 aromatic carbocycles. The lowest BCUT2D eigenvalue weighted by Crippen LogP contribution is -2.13. The minimum atomic E-state index is -0.618. The molecule has 7 heteroatoms. The number of anilines is 1. The number of benzene rings is 2. The van der Waals surface area contributed by atoms with E-state index < -0.39 is 17.5 Å². The van der Waals surface area contributed by atoms with Crippen LogP contribution in [0.4, 0.5) is 14.5 Å². The van der Waals surface area contributed by atoms with Gasteiger partial charge in [-0.2, -0.15) is 0 Å². The van der Waals surface area contributed by atoms with Gasteiger partial charge >= 0.3 is 0 Å². The largest absolute Gasteiger partial charge is 0.319 e. The Morgan fingerprint density at radius 2 is 1.70 bits per heavy atom. The third kappa shape index (κ3) is 3.29. The van der Waals surface area contributed by atoms with Crippen molar-refractivity contribution in [3.05, 3.63) is 62.0 Å². The summed E-state index contributed by atoms with van der Waals surface area (Å²) < 4.78 is 26.6. The number of carbonyl (C=O) groups is 1. The molecule has 20 heavy (non-hydrogen) atoms. The number of hydrogen-bond donors (Lipinski definition) is 1. The van der Waals surface area contributed by atoms with Crippen molar-refractivity contribution in [2.75, 3.05) is 5.32 Å². The first kappa shape index (κ1) is 15.2. The SMILES string of the molecule is O=C(Nc1c(Cl)cc(F)cc1Cl)c1ccc(Br)c(F)c1. The molecule has 0 radical (unpaired) electrons. The molecule has 0 fully saturated rings. The summed E-state index contributed by atoms with van der Waals surface area (Å²) in [5.74, 6) is -1.80. The van der Waals surface area contributed by atoms with Gasteiger partial charge in [-0.05, 0) is 46.3 Å². The molecule has 0 atom stereocenters. The standard InChI is InChI=1S/C13H6BrCl2F2NO/c14-8-2-1-6(3-11(8)18)13(20)19-12-9(15)4-7(17)5-10(12)16/h1-5H,(H,19,20). The van der Waals surface area contributed by atoms with Crippen molar-refractivity contribution in [3.8, 4) is 0 Å². The highest BCUT2D eigenvalue weighted by Crippen LogP contribution is 2.31. The average Bonchev–Trinajstić information content (AvgIpc) is 2.36. The number of rotatable bonds is 2. The number of carbonyl (C=O) groups excluding carboxylic acids is 1. The maximum Gasteiger partial charge on any atom is 0.255 e. The highest BCUT2D eigenvalue weighted by atomic mass is 79.9. The second-order valence-corrected chi connectivity index (χ2v) is 5.50. The van der Waals surface area contributed by atoms with Gasteiger partial charge in [0.1, 0.15) is 11.6 Å². The summed E-state index contributed by atoms with van der Waals surface area (Å²) in [6, 6.07) is 5.92. The van der Waals surface area contributed by atoms with Crippen molar-refractivity contribution < 1.29 is 13.6 Å². The first-order valence-corrected chi connectivity index (χ1v) is 6.84. The Morgan fingerprint density at radius 3 is 2.25 bits per heavy atom. The fraction of sp³-hybridized carbons (Fsp3) is 0. The quantitative estimate of drug-likeness (QED) is 0.753. The minimum absolute atomic E-state index is 0.0408. The van der Waals surface area contributed by atoms with Crippen LogP contribution in [0.25, 0.3) is 0 Å². The maximum absolute atomic E-state index is 13.4. The lowest BCUT2D eigenvalue weighted by Gasteiger charge is -2.09. The van der Waals surface area contributed by atoms with E-state index in [9.17, 15) is 13.6 Å². The Hall–Kier alpha value is -1.17. The number of halogens is 5. The summed E-state index contributed by atoms with van der Waals surface area (Å²) in [5, 5.41) is 2.34. The predicted octanol–water partition coefficient (Wildman–Crippen LogP) is 5.29. The zero-order valence-corrected chi connectivity index (χ0v) is 12.8. The van der Waals surface area contributed by atoms with Crippen LogP contribution in [-0.2, 0) is 0 Å². The van der Waals surface area contributed by atoms with E-state index in [1.54, 1.807) is 0 Å². The van der Waals surface area contributed by atoms with Crippen LogP contribution in [0.5, 0.6) is 0 Å².